The second-order valence-electron chi connectivity index (χ2n) is 4.02. The molecule has 2 N–H and O–H groups in total. The molecule has 0 aliphatic carbocycles. The summed E-state index contributed by atoms with van der Waals surface area (Å²) in [5, 5.41) is 12.6. The van der Waals surface area contributed by atoms with Crippen LogP contribution in [0.15, 0.2) is 24.3 Å². The van der Waals surface area contributed by atoms with Gasteiger partial charge < -0.3 is 15.3 Å². The molecule has 2 rings (SSSR count). The number of carbonyl (C=O) groups excluding carboxylic acids is 1. The lowest BCUT2D eigenvalue weighted by atomic mass is 10.2. The molecule has 1 aromatic carbocycles. The van der Waals surface area contributed by atoms with Crippen molar-refractivity contribution in [3.63, 3.8) is 0 Å². The van der Waals surface area contributed by atoms with Gasteiger partial charge in [0.15, 0.2) is 0 Å². The highest BCUT2D eigenvalue weighted by Gasteiger charge is 2.27. The lowest BCUT2D eigenvalue weighted by Crippen LogP contribution is -2.39. The molecule has 4 heteroatoms. The molecule has 1 aliphatic heterocycles. The van der Waals surface area contributed by atoms with Gasteiger partial charge in [-0.15, -0.1) is 0 Å². The van der Waals surface area contributed by atoms with Crippen LogP contribution in [-0.2, 0) is 11.2 Å². The fourth-order valence-electron chi connectivity index (χ4n) is 2.03. The first-order valence-corrected chi connectivity index (χ1v) is 5.43. The third kappa shape index (κ3) is 2.08. The van der Waals surface area contributed by atoms with E-state index in [1.807, 2.05) is 24.3 Å². The van der Waals surface area contributed by atoms with E-state index in [4.69, 9.17) is 0 Å². The van der Waals surface area contributed by atoms with Crippen LogP contribution in [0.25, 0.3) is 0 Å². The van der Waals surface area contributed by atoms with Crippen molar-refractivity contribution >= 4 is 11.6 Å². The molecule has 0 spiro atoms. The van der Waals surface area contributed by atoms with Crippen molar-refractivity contribution in [2.24, 2.45) is 0 Å². The molecule has 0 fully saturated rings. The van der Waals surface area contributed by atoms with Crippen LogP contribution >= 0.6 is 0 Å². The number of likely N-dealkylation sites (N-methyl/N-ethyl adjacent to an activating group) is 1. The number of hydrogen-bond donors (Lipinski definition) is 2. The maximum absolute atomic E-state index is 11.8. The fraction of sp³-hybridized carbons (Fsp3) is 0.417. The zero-order valence-electron chi connectivity index (χ0n) is 9.31. The largest absolute Gasteiger partial charge is 0.390 e. The quantitative estimate of drug-likeness (QED) is 0.760. The van der Waals surface area contributed by atoms with Crippen LogP contribution in [0.5, 0.6) is 0 Å². The summed E-state index contributed by atoms with van der Waals surface area (Å²) in [5.74, 6) is 0.0661. The Kier molecular flexibility index (Phi) is 3.22. The van der Waals surface area contributed by atoms with E-state index in [2.05, 4.69) is 5.32 Å². The average Bonchev–Trinajstić information content (AvgIpc) is 2.56. The highest BCUT2D eigenvalue weighted by atomic mass is 16.3. The molecule has 1 amide bonds. The summed E-state index contributed by atoms with van der Waals surface area (Å²) in [6, 6.07) is 7.72. The molecule has 0 saturated carbocycles. The Morgan fingerprint density at radius 1 is 1.50 bits per heavy atom. The summed E-state index contributed by atoms with van der Waals surface area (Å²) in [5.41, 5.74) is 1.98. The van der Waals surface area contributed by atoms with Gasteiger partial charge in [-0.05, 0) is 18.7 Å². The van der Waals surface area contributed by atoms with Gasteiger partial charge in [0.1, 0.15) is 0 Å². The van der Waals surface area contributed by atoms with Crippen LogP contribution < -0.4 is 10.2 Å². The van der Waals surface area contributed by atoms with E-state index in [-0.39, 0.29) is 5.91 Å². The number of nitrogens with zero attached hydrogens (tertiary/aromatic N) is 1. The molecule has 4 nitrogen and oxygen atoms in total. The van der Waals surface area contributed by atoms with E-state index in [0.717, 1.165) is 11.3 Å². The monoisotopic (exact) mass is 220 g/mol. The molecular weight excluding hydrogens is 204 g/mol. The van der Waals surface area contributed by atoms with Gasteiger partial charge in [-0.2, -0.15) is 0 Å². The van der Waals surface area contributed by atoms with Gasteiger partial charge in [0.05, 0.1) is 19.1 Å². The van der Waals surface area contributed by atoms with Crippen molar-refractivity contribution in [1.82, 2.24) is 5.32 Å². The lowest BCUT2D eigenvalue weighted by Gasteiger charge is -2.20. The van der Waals surface area contributed by atoms with E-state index < -0.39 is 6.10 Å². The molecule has 0 aromatic heterocycles. The van der Waals surface area contributed by atoms with Gasteiger partial charge in [0, 0.05) is 12.2 Å². The zero-order chi connectivity index (χ0) is 11.5. The van der Waals surface area contributed by atoms with Gasteiger partial charge >= 0.3 is 0 Å². The number of carbonyl (C=O) groups is 1. The number of amides is 1. The summed E-state index contributed by atoms with van der Waals surface area (Å²) in [4.78, 5) is 13.4. The number of benzene rings is 1. The van der Waals surface area contributed by atoms with Crippen molar-refractivity contribution in [2.45, 2.75) is 12.5 Å². The van der Waals surface area contributed by atoms with Crippen molar-refractivity contribution in [3.8, 4) is 0 Å². The minimum Gasteiger partial charge on any atom is -0.390 e. The van der Waals surface area contributed by atoms with Crippen molar-refractivity contribution in [2.75, 3.05) is 25.0 Å². The molecular formula is C12H16N2O2. The van der Waals surface area contributed by atoms with Crippen LogP contribution in [0.4, 0.5) is 5.69 Å². The Morgan fingerprint density at radius 3 is 3.00 bits per heavy atom. The molecule has 86 valence electrons. The number of β-amino-alcohol motifs (C(OH)–C–C–N with tert-alkyl or cyclic N) is 1. The van der Waals surface area contributed by atoms with Crippen LogP contribution in [0, 0.1) is 0 Å². The van der Waals surface area contributed by atoms with Gasteiger partial charge in [-0.1, -0.05) is 18.2 Å². The summed E-state index contributed by atoms with van der Waals surface area (Å²) in [6.07, 6.45) is -0.0808. The van der Waals surface area contributed by atoms with E-state index in [1.54, 1.807) is 11.9 Å². The summed E-state index contributed by atoms with van der Waals surface area (Å²) in [6.45, 7) is 0.850. The summed E-state index contributed by atoms with van der Waals surface area (Å²) in [7, 11) is 1.78. The van der Waals surface area contributed by atoms with Crippen molar-refractivity contribution in [1.29, 1.82) is 0 Å². The van der Waals surface area contributed by atoms with E-state index in [9.17, 15) is 9.90 Å². The molecule has 1 aromatic rings. The number of rotatable bonds is 4. The van der Waals surface area contributed by atoms with E-state index in [1.165, 1.54) is 0 Å². The van der Waals surface area contributed by atoms with E-state index in [0.29, 0.717) is 19.5 Å². The van der Waals surface area contributed by atoms with Crippen LogP contribution in [0.3, 0.4) is 0 Å². The summed E-state index contributed by atoms with van der Waals surface area (Å²) >= 11 is 0. The molecule has 1 atom stereocenters. The minimum atomic E-state index is -0.528. The first-order valence-electron chi connectivity index (χ1n) is 5.43. The van der Waals surface area contributed by atoms with E-state index >= 15 is 0 Å². The van der Waals surface area contributed by atoms with Crippen molar-refractivity contribution in [3.05, 3.63) is 29.8 Å². The fourth-order valence-corrected chi connectivity index (χ4v) is 2.03. The number of hydrogen-bond acceptors (Lipinski definition) is 3. The molecule has 0 bridgehead atoms. The number of anilines is 1. The van der Waals surface area contributed by atoms with Gasteiger partial charge in [0.25, 0.3) is 0 Å². The lowest BCUT2D eigenvalue weighted by molar-refractivity contribution is -0.117. The van der Waals surface area contributed by atoms with Gasteiger partial charge in [-0.25, -0.2) is 0 Å². The van der Waals surface area contributed by atoms with Crippen LogP contribution in [-0.4, -0.2) is 37.3 Å². The normalized spacial score (nSPS) is 16.4. The number of aliphatic hydroxyl groups excluding tert-OH is 1. The van der Waals surface area contributed by atoms with Crippen LogP contribution in [0.1, 0.15) is 5.56 Å². The third-order valence-electron chi connectivity index (χ3n) is 2.76. The number of aliphatic hydroxyl groups is 1. The Balaban J connectivity index is 2.13. The van der Waals surface area contributed by atoms with Gasteiger partial charge in [-0.3, -0.25) is 4.79 Å². The molecule has 0 radical (unpaired) electrons. The Labute approximate surface area is 94.9 Å². The second-order valence-corrected chi connectivity index (χ2v) is 4.02. The number of fused-ring (bicyclic) bond motifs is 1. The Morgan fingerprint density at radius 2 is 2.25 bits per heavy atom. The zero-order valence-corrected chi connectivity index (χ0v) is 9.31. The summed E-state index contributed by atoms with van der Waals surface area (Å²) < 4.78 is 0. The highest BCUT2D eigenvalue weighted by molar-refractivity contribution is 6.01. The second kappa shape index (κ2) is 4.63. The van der Waals surface area contributed by atoms with Crippen molar-refractivity contribution < 1.29 is 9.90 Å². The molecule has 0 saturated heterocycles. The topological polar surface area (TPSA) is 52.6 Å². The predicted molar refractivity (Wildman–Crippen MR) is 62.4 cm³/mol. The average molecular weight is 220 g/mol. The first kappa shape index (κ1) is 11.1. The SMILES string of the molecule is CNCC(O)CN1C(=O)Cc2ccccc21. The first-order chi connectivity index (χ1) is 7.72. The third-order valence-corrected chi connectivity index (χ3v) is 2.76. The standard InChI is InChI=1S/C12H16N2O2/c1-13-7-10(15)8-14-11-5-3-2-4-9(11)6-12(14)16/h2-5,10,13,15H,6-8H2,1H3. The Bertz CT molecular complexity index is 392. The number of para-hydroxylation sites is 1. The molecule has 1 heterocycles. The smallest absolute Gasteiger partial charge is 0.231 e. The molecule has 16 heavy (non-hydrogen) atoms. The number of nitrogens with one attached hydrogen (secondary N) is 1. The molecule has 1 unspecified atom stereocenters. The minimum absolute atomic E-state index is 0.0661. The maximum atomic E-state index is 11.8. The molecule has 1 aliphatic rings. The predicted octanol–water partition coefficient (Wildman–Crippen LogP) is 0.156. The Hall–Kier alpha value is -1.39. The highest BCUT2D eigenvalue weighted by Crippen LogP contribution is 2.28. The van der Waals surface area contributed by atoms with Gasteiger partial charge in [0.2, 0.25) is 5.91 Å². The van der Waals surface area contributed by atoms with Crippen LogP contribution in [0.2, 0.25) is 0 Å². The maximum Gasteiger partial charge on any atom is 0.231 e.